The molecule has 0 spiro atoms. The molecule has 0 bridgehead atoms. The molecule has 2 aromatic rings. The lowest BCUT2D eigenvalue weighted by Gasteiger charge is -2.06. The zero-order valence-corrected chi connectivity index (χ0v) is 13.4. The molecule has 0 saturated heterocycles. The minimum Gasteiger partial charge on any atom is -0.311 e. The number of hydrogen-bond donors (Lipinski definition) is 1. The van der Waals surface area contributed by atoms with Crippen LogP contribution in [0.2, 0.25) is 0 Å². The lowest BCUT2D eigenvalue weighted by Crippen LogP contribution is -2.18. The van der Waals surface area contributed by atoms with Gasteiger partial charge in [-0.15, -0.1) is 0 Å². The first-order valence-corrected chi connectivity index (χ1v) is 8.54. The van der Waals surface area contributed by atoms with Crippen LogP contribution in [0.4, 0.5) is 5.82 Å². The summed E-state index contributed by atoms with van der Waals surface area (Å²) in [5, 5.41) is 2.59. The summed E-state index contributed by atoms with van der Waals surface area (Å²) in [7, 11) is -3.45. The van der Waals surface area contributed by atoms with Gasteiger partial charge in [-0.3, -0.25) is 4.79 Å². The van der Waals surface area contributed by atoms with E-state index < -0.39 is 9.84 Å². The second kappa shape index (κ2) is 6.70. The van der Waals surface area contributed by atoms with Gasteiger partial charge in [0, 0.05) is 12.6 Å². The molecule has 0 saturated carbocycles. The molecule has 0 radical (unpaired) electrons. The summed E-state index contributed by atoms with van der Waals surface area (Å²) in [6, 6.07) is 10.1. The Labute approximate surface area is 130 Å². The number of carbonyl (C=O) groups is 1. The highest BCUT2D eigenvalue weighted by Crippen LogP contribution is 2.13. The van der Waals surface area contributed by atoms with Crippen LogP contribution in [0, 0.1) is 13.8 Å². The van der Waals surface area contributed by atoms with Gasteiger partial charge in [0.05, 0.1) is 10.6 Å². The van der Waals surface area contributed by atoms with Crippen molar-refractivity contribution in [2.75, 3.05) is 11.1 Å². The van der Waals surface area contributed by atoms with Crippen molar-refractivity contribution in [3.63, 3.8) is 0 Å². The van der Waals surface area contributed by atoms with Crippen molar-refractivity contribution >= 4 is 21.6 Å². The number of amides is 1. The molecule has 5 nitrogen and oxygen atoms in total. The molecule has 1 aromatic heterocycles. The summed E-state index contributed by atoms with van der Waals surface area (Å²) in [5.74, 6) is -0.177. The van der Waals surface area contributed by atoms with E-state index in [1.165, 1.54) is 0 Å². The van der Waals surface area contributed by atoms with Crippen molar-refractivity contribution in [1.29, 1.82) is 0 Å². The summed E-state index contributed by atoms with van der Waals surface area (Å²) in [4.78, 5) is 16.1. The van der Waals surface area contributed by atoms with Crippen LogP contribution in [0.25, 0.3) is 0 Å². The molecule has 6 heteroatoms. The number of hydrogen-bond acceptors (Lipinski definition) is 4. The molecule has 0 aliphatic carbocycles. The molecular formula is C16H18N2O3S. The Bertz CT molecular complexity index is 751. The van der Waals surface area contributed by atoms with Gasteiger partial charge >= 0.3 is 0 Å². The summed E-state index contributed by atoms with van der Waals surface area (Å²) in [6.07, 6.45) is 1.53. The molecule has 116 valence electrons. The SMILES string of the molecule is Cc1ccc(S(=O)(=O)CCC(=O)Nc2ccc(C)cn2)cc1. The molecule has 0 unspecified atom stereocenters. The van der Waals surface area contributed by atoms with Gasteiger partial charge in [-0.1, -0.05) is 23.8 Å². The van der Waals surface area contributed by atoms with Crippen molar-refractivity contribution in [3.05, 3.63) is 53.7 Å². The number of nitrogens with zero attached hydrogens (tertiary/aromatic N) is 1. The van der Waals surface area contributed by atoms with Crippen LogP contribution in [0.3, 0.4) is 0 Å². The number of aromatic nitrogens is 1. The van der Waals surface area contributed by atoms with Gasteiger partial charge in [-0.25, -0.2) is 13.4 Å². The first-order chi connectivity index (χ1) is 10.4. The van der Waals surface area contributed by atoms with Crippen molar-refractivity contribution in [2.45, 2.75) is 25.2 Å². The van der Waals surface area contributed by atoms with Crippen LogP contribution >= 0.6 is 0 Å². The van der Waals surface area contributed by atoms with E-state index in [9.17, 15) is 13.2 Å². The van der Waals surface area contributed by atoms with Crippen molar-refractivity contribution in [2.24, 2.45) is 0 Å². The molecule has 1 amide bonds. The van der Waals surface area contributed by atoms with E-state index in [0.717, 1.165) is 11.1 Å². The number of benzene rings is 1. The van der Waals surface area contributed by atoms with Gasteiger partial charge in [0.1, 0.15) is 5.82 Å². The molecule has 1 N–H and O–H groups in total. The summed E-state index contributed by atoms with van der Waals surface area (Å²) < 4.78 is 24.3. The van der Waals surface area contributed by atoms with E-state index in [2.05, 4.69) is 10.3 Å². The van der Waals surface area contributed by atoms with Gasteiger partial charge in [0.15, 0.2) is 9.84 Å². The molecular weight excluding hydrogens is 300 g/mol. The highest BCUT2D eigenvalue weighted by Gasteiger charge is 2.16. The average molecular weight is 318 g/mol. The van der Waals surface area contributed by atoms with Gasteiger partial charge < -0.3 is 5.32 Å². The third-order valence-corrected chi connectivity index (χ3v) is 4.89. The quantitative estimate of drug-likeness (QED) is 0.919. The minimum absolute atomic E-state index is 0.105. The molecule has 2 rings (SSSR count). The Morgan fingerprint density at radius 3 is 2.27 bits per heavy atom. The number of sulfone groups is 1. The van der Waals surface area contributed by atoms with E-state index in [-0.39, 0.29) is 23.0 Å². The highest BCUT2D eigenvalue weighted by atomic mass is 32.2. The third-order valence-electron chi connectivity index (χ3n) is 3.16. The first-order valence-electron chi connectivity index (χ1n) is 6.89. The first kappa shape index (κ1) is 16.2. The fourth-order valence-electron chi connectivity index (χ4n) is 1.84. The predicted octanol–water partition coefficient (Wildman–Crippen LogP) is 2.50. The highest BCUT2D eigenvalue weighted by molar-refractivity contribution is 7.91. The molecule has 0 aliphatic heterocycles. The fraction of sp³-hybridized carbons (Fsp3) is 0.250. The Balaban J connectivity index is 1.95. The smallest absolute Gasteiger partial charge is 0.226 e. The maximum absolute atomic E-state index is 12.1. The Morgan fingerprint density at radius 2 is 1.68 bits per heavy atom. The lowest BCUT2D eigenvalue weighted by molar-refractivity contribution is -0.115. The molecule has 0 aliphatic rings. The van der Waals surface area contributed by atoms with Gasteiger partial charge in [-0.2, -0.15) is 0 Å². The number of nitrogens with one attached hydrogen (secondary N) is 1. The Kier molecular flexibility index (Phi) is 4.92. The topological polar surface area (TPSA) is 76.1 Å². The number of pyridine rings is 1. The summed E-state index contributed by atoms with van der Waals surface area (Å²) in [5.41, 5.74) is 1.97. The monoisotopic (exact) mass is 318 g/mol. The van der Waals surface area contributed by atoms with Crippen LogP contribution in [-0.4, -0.2) is 25.1 Å². The number of rotatable bonds is 5. The average Bonchev–Trinajstić information content (AvgIpc) is 2.48. The normalized spacial score (nSPS) is 11.2. The zero-order valence-electron chi connectivity index (χ0n) is 12.5. The van der Waals surface area contributed by atoms with Gasteiger partial charge in [0.2, 0.25) is 5.91 Å². The third kappa shape index (κ3) is 4.39. The standard InChI is InChI=1S/C16H18N2O3S/c1-12-3-6-14(7-4-12)22(20,21)10-9-16(19)18-15-8-5-13(2)11-17-15/h3-8,11H,9-10H2,1-2H3,(H,17,18,19). The largest absolute Gasteiger partial charge is 0.311 e. The lowest BCUT2D eigenvalue weighted by atomic mass is 10.2. The number of aryl methyl sites for hydroxylation is 2. The van der Waals surface area contributed by atoms with Crippen LogP contribution in [-0.2, 0) is 14.6 Å². The maximum atomic E-state index is 12.1. The second-order valence-electron chi connectivity index (χ2n) is 5.15. The zero-order chi connectivity index (χ0) is 16.2. The van der Waals surface area contributed by atoms with E-state index in [0.29, 0.717) is 5.82 Å². The molecule has 22 heavy (non-hydrogen) atoms. The molecule has 1 heterocycles. The molecule has 0 atom stereocenters. The van der Waals surface area contributed by atoms with E-state index >= 15 is 0 Å². The van der Waals surface area contributed by atoms with Gasteiger partial charge in [-0.05, 0) is 37.6 Å². The summed E-state index contributed by atoms with van der Waals surface area (Å²) in [6.45, 7) is 3.78. The van der Waals surface area contributed by atoms with Crippen molar-refractivity contribution in [1.82, 2.24) is 4.98 Å². The fourth-order valence-corrected chi connectivity index (χ4v) is 3.08. The van der Waals surface area contributed by atoms with Crippen molar-refractivity contribution < 1.29 is 13.2 Å². The number of carbonyl (C=O) groups excluding carboxylic acids is 1. The summed E-state index contributed by atoms with van der Waals surface area (Å²) >= 11 is 0. The Hall–Kier alpha value is -2.21. The van der Waals surface area contributed by atoms with Crippen LogP contribution < -0.4 is 5.32 Å². The van der Waals surface area contributed by atoms with Crippen molar-refractivity contribution in [3.8, 4) is 0 Å². The molecule has 0 fully saturated rings. The van der Waals surface area contributed by atoms with E-state index in [1.807, 2.05) is 19.9 Å². The second-order valence-corrected chi connectivity index (χ2v) is 7.26. The Morgan fingerprint density at radius 1 is 1.05 bits per heavy atom. The molecule has 1 aromatic carbocycles. The number of anilines is 1. The van der Waals surface area contributed by atoms with Crippen LogP contribution in [0.1, 0.15) is 17.5 Å². The maximum Gasteiger partial charge on any atom is 0.226 e. The van der Waals surface area contributed by atoms with E-state index in [1.54, 1.807) is 36.5 Å². The minimum atomic E-state index is -3.45. The van der Waals surface area contributed by atoms with Crippen LogP contribution in [0.15, 0.2) is 47.5 Å². The van der Waals surface area contributed by atoms with E-state index in [4.69, 9.17) is 0 Å². The predicted molar refractivity (Wildman–Crippen MR) is 85.5 cm³/mol. The van der Waals surface area contributed by atoms with Crippen LogP contribution in [0.5, 0.6) is 0 Å². The van der Waals surface area contributed by atoms with Gasteiger partial charge in [0.25, 0.3) is 0 Å².